The van der Waals surface area contributed by atoms with Crippen molar-refractivity contribution in [3.8, 4) is 5.75 Å². The van der Waals surface area contributed by atoms with Crippen molar-refractivity contribution in [1.82, 2.24) is 5.32 Å². The van der Waals surface area contributed by atoms with Gasteiger partial charge in [0.05, 0.1) is 0 Å². The fourth-order valence-electron chi connectivity index (χ4n) is 1.63. The summed E-state index contributed by atoms with van der Waals surface area (Å²) in [4.78, 5) is 11.3. The lowest BCUT2D eigenvalue weighted by molar-refractivity contribution is -0.117. The zero-order chi connectivity index (χ0) is 14.0. The van der Waals surface area contributed by atoms with Crippen LogP contribution in [0, 0.1) is 0 Å². The highest BCUT2D eigenvalue weighted by atomic mass is 19.4. The molecule has 1 aromatic rings. The van der Waals surface area contributed by atoms with Crippen LogP contribution in [0.15, 0.2) is 42.2 Å². The largest absolute Gasteiger partial charge is 0.451 e. The van der Waals surface area contributed by atoms with Crippen LogP contribution in [0.3, 0.4) is 0 Å². The molecule has 1 amide bonds. The highest BCUT2D eigenvalue weighted by molar-refractivity contribution is 5.98. The Kier molecular flexibility index (Phi) is 3.33. The number of carbonyl (C=O) groups excluding carboxylic acids is 1. The Morgan fingerprint density at radius 2 is 2.00 bits per heavy atom. The summed E-state index contributed by atoms with van der Waals surface area (Å²) >= 11 is 0. The quantitative estimate of drug-likeness (QED) is 0.796. The van der Waals surface area contributed by atoms with Gasteiger partial charge < -0.3 is 10.1 Å². The Morgan fingerprint density at radius 3 is 2.63 bits per heavy atom. The molecule has 0 aromatic heterocycles. The third-order valence-corrected chi connectivity index (χ3v) is 2.52. The molecule has 0 fully saturated rings. The van der Waals surface area contributed by atoms with Gasteiger partial charge in [-0.15, -0.1) is 0 Å². The van der Waals surface area contributed by atoms with E-state index in [9.17, 15) is 18.0 Å². The summed E-state index contributed by atoms with van der Waals surface area (Å²) in [5.41, 5.74) is 0.604. The molecule has 0 spiro atoms. The smallest absolute Gasteiger partial charge is 0.449 e. The minimum atomic E-state index is -4.60. The van der Waals surface area contributed by atoms with E-state index in [0.717, 1.165) is 12.2 Å². The standard InChI is InChI=1S/C13H10F3NO2/c1-17-12(18)7-8-6-11(13(14,15)16)19-10-5-3-2-4-9(8)10/h2-7H,1H3,(H,17,18)/b8-7-. The van der Waals surface area contributed by atoms with E-state index >= 15 is 0 Å². The van der Waals surface area contributed by atoms with Gasteiger partial charge in [0.2, 0.25) is 11.7 Å². The summed E-state index contributed by atoms with van der Waals surface area (Å²) in [6.45, 7) is 0. The molecule has 100 valence electrons. The number of para-hydroxylation sites is 1. The van der Waals surface area contributed by atoms with E-state index in [0.29, 0.717) is 5.56 Å². The monoisotopic (exact) mass is 269 g/mol. The summed E-state index contributed by atoms with van der Waals surface area (Å²) in [7, 11) is 1.40. The van der Waals surface area contributed by atoms with Gasteiger partial charge in [-0.1, -0.05) is 18.2 Å². The van der Waals surface area contributed by atoms with Crippen LogP contribution in [-0.2, 0) is 4.79 Å². The molecule has 0 atom stereocenters. The number of halogens is 3. The number of hydrogen-bond acceptors (Lipinski definition) is 2. The van der Waals surface area contributed by atoms with E-state index in [1.807, 2.05) is 0 Å². The Balaban J connectivity index is 2.53. The first-order valence-electron chi connectivity index (χ1n) is 5.41. The Labute approximate surface area is 107 Å². The summed E-state index contributed by atoms with van der Waals surface area (Å²) in [5.74, 6) is -1.54. The number of benzene rings is 1. The number of rotatable bonds is 1. The summed E-state index contributed by atoms with van der Waals surface area (Å²) < 4.78 is 42.9. The van der Waals surface area contributed by atoms with Crippen LogP contribution in [0.4, 0.5) is 13.2 Å². The highest BCUT2D eigenvalue weighted by Gasteiger charge is 2.38. The van der Waals surface area contributed by atoms with Crippen LogP contribution in [0.25, 0.3) is 5.57 Å². The van der Waals surface area contributed by atoms with Gasteiger partial charge in [-0.3, -0.25) is 4.79 Å². The van der Waals surface area contributed by atoms with Crippen LogP contribution in [0.1, 0.15) is 5.56 Å². The molecule has 0 saturated heterocycles. The van der Waals surface area contributed by atoms with Crippen molar-refractivity contribution in [2.75, 3.05) is 7.05 Å². The van der Waals surface area contributed by atoms with Gasteiger partial charge >= 0.3 is 6.18 Å². The lowest BCUT2D eigenvalue weighted by Gasteiger charge is -2.21. The zero-order valence-corrected chi connectivity index (χ0v) is 9.91. The molecule has 0 saturated carbocycles. The number of ether oxygens (including phenoxy) is 1. The topological polar surface area (TPSA) is 38.3 Å². The van der Waals surface area contributed by atoms with Crippen molar-refractivity contribution < 1.29 is 22.7 Å². The van der Waals surface area contributed by atoms with Gasteiger partial charge in [0.25, 0.3) is 0 Å². The number of hydrogen-bond donors (Lipinski definition) is 1. The predicted molar refractivity (Wildman–Crippen MR) is 63.3 cm³/mol. The normalized spacial score (nSPS) is 16.4. The molecular weight excluding hydrogens is 259 g/mol. The number of likely N-dealkylation sites (N-methyl/N-ethyl adjacent to an activating group) is 1. The maximum atomic E-state index is 12.7. The number of nitrogens with one attached hydrogen (secondary N) is 1. The van der Waals surface area contributed by atoms with Gasteiger partial charge in [0, 0.05) is 18.7 Å². The molecule has 2 rings (SSSR count). The number of allylic oxidation sites excluding steroid dienone is 3. The third kappa shape index (κ3) is 2.78. The van der Waals surface area contributed by atoms with Crippen molar-refractivity contribution >= 4 is 11.5 Å². The van der Waals surface area contributed by atoms with Crippen LogP contribution < -0.4 is 10.1 Å². The van der Waals surface area contributed by atoms with Gasteiger partial charge in [-0.2, -0.15) is 13.2 Å². The molecule has 1 aliphatic rings. The fraction of sp³-hybridized carbons (Fsp3) is 0.154. The summed E-state index contributed by atoms with van der Waals surface area (Å²) in [5, 5.41) is 2.33. The summed E-state index contributed by atoms with van der Waals surface area (Å²) in [6.07, 6.45) is -2.68. The minimum Gasteiger partial charge on any atom is -0.451 e. The predicted octanol–water partition coefficient (Wildman–Crippen LogP) is 2.65. The van der Waals surface area contributed by atoms with Gasteiger partial charge in [0.15, 0.2) is 0 Å². The van der Waals surface area contributed by atoms with Crippen LogP contribution in [-0.4, -0.2) is 19.1 Å². The van der Waals surface area contributed by atoms with Crippen LogP contribution in [0.5, 0.6) is 5.75 Å². The molecule has 0 aliphatic carbocycles. The second-order valence-corrected chi connectivity index (χ2v) is 3.82. The molecule has 0 bridgehead atoms. The first-order chi connectivity index (χ1) is 8.91. The van der Waals surface area contributed by atoms with Crippen molar-refractivity contribution in [3.05, 3.63) is 47.7 Å². The molecule has 1 N–H and O–H groups in total. The zero-order valence-electron chi connectivity index (χ0n) is 9.91. The molecule has 19 heavy (non-hydrogen) atoms. The van der Waals surface area contributed by atoms with Gasteiger partial charge in [0.1, 0.15) is 5.75 Å². The Bertz CT molecular complexity index is 573. The average molecular weight is 269 g/mol. The lowest BCUT2D eigenvalue weighted by Crippen LogP contribution is -2.21. The number of amides is 1. The third-order valence-electron chi connectivity index (χ3n) is 2.52. The van der Waals surface area contributed by atoms with Crippen molar-refractivity contribution in [3.63, 3.8) is 0 Å². The Morgan fingerprint density at radius 1 is 1.32 bits per heavy atom. The highest BCUT2D eigenvalue weighted by Crippen LogP contribution is 2.38. The second-order valence-electron chi connectivity index (χ2n) is 3.82. The van der Waals surface area contributed by atoms with E-state index in [4.69, 9.17) is 4.74 Å². The molecule has 0 unspecified atom stereocenters. The molecule has 1 aliphatic heterocycles. The molecule has 1 aromatic carbocycles. The Hall–Kier alpha value is -2.24. The van der Waals surface area contributed by atoms with Gasteiger partial charge in [-0.25, -0.2) is 0 Å². The van der Waals surface area contributed by atoms with Crippen LogP contribution >= 0.6 is 0 Å². The maximum Gasteiger partial charge on any atom is 0.449 e. The number of fused-ring (bicyclic) bond motifs is 1. The molecule has 6 heteroatoms. The average Bonchev–Trinajstić information content (AvgIpc) is 2.37. The van der Waals surface area contributed by atoms with E-state index in [-0.39, 0.29) is 11.3 Å². The van der Waals surface area contributed by atoms with Crippen LogP contribution in [0.2, 0.25) is 0 Å². The lowest BCUT2D eigenvalue weighted by atomic mass is 10.0. The van der Waals surface area contributed by atoms with E-state index < -0.39 is 17.8 Å². The molecular formula is C13H10F3NO2. The van der Waals surface area contributed by atoms with E-state index in [1.54, 1.807) is 18.2 Å². The number of alkyl halides is 3. The van der Waals surface area contributed by atoms with E-state index in [2.05, 4.69) is 5.32 Å². The fourth-order valence-corrected chi connectivity index (χ4v) is 1.63. The summed E-state index contributed by atoms with van der Waals surface area (Å²) in [6, 6.07) is 6.24. The molecule has 3 nitrogen and oxygen atoms in total. The molecule has 1 heterocycles. The van der Waals surface area contributed by atoms with E-state index in [1.165, 1.54) is 13.1 Å². The first kappa shape index (κ1) is 13.2. The molecule has 0 radical (unpaired) electrons. The first-order valence-corrected chi connectivity index (χ1v) is 5.41. The van der Waals surface area contributed by atoms with Crippen molar-refractivity contribution in [2.24, 2.45) is 0 Å². The van der Waals surface area contributed by atoms with Gasteiger partial charge in [-0.05, 0) is 17.7 Å². The number of carbonyl (C=O) groups is 1. The second kappa shape index (κ2) is 4.79. The maximum absolute atomic E-state index is 12.7. The van der Waals surface area contributed by atoms with Crippen molar-refractivity contribution in [2.45, 2.75) is 6.18 Å². The SMILES string of the molecule is CNC(=O)/C=C1/C=C(C(F)(F)F)Oc2ccccc21. The minimum absolute atomic E-state index is 0.0764. The van der Waals surface area contributed by atoms with Crippen molar-refractivity contribution in [1.29, 1.82) is 0 Å².